The Labute approximate surface area is 133 Å². The Morgan fingerprint density at radius 3 is 2.18 bits per heavy atom. The molecule has 0 saturated carbocycles. The molecule has 1 fully saturated rings. The number of aryl methyl sites for hydroxylation is 2. The van der Waals surface area contributed by atoms with E-state index in [0.717, 1.165) is 55.1 Å². The predicted molar refractivity (Wildman–Crippen MR) is 87.0 cm³/mol. The van der Waals surface area contributed by atoms with Crippen molar-refractivity contribution in [3.05, 3.63) is 28.3 Å². The molecule has 0 atom stereocenters. The molecule has 0 bridgehead atoms. The van der Waals surface area contributed by atoms with Crippen molar-refractivity contribution in [1.82, 2.24) is 4.72 Å². The van der Waals surface area contributed by atoms with E-state index in [9.17, 15) is 8.42 Å². The number of nitrogens with one attached hydrogen (secondary N) is 2. The summed E-state index contributed by atoms with van der Waals surface area (Å²) in [7, 11) is -3.46. The van der Waals surface area contributed by atoms with Crippen LogP contribution < -0.4 is 9.62 Å². The van der Waals surface area contributed by atoms with E-state index in [4.69, 9.17) is 4.74 Å². The number of morpholine rings is 1. The summed E-state index contributed by atoms with van der Waals surface area (Å²) in [5.74, 6) is 0. The molecule has 1 saturated heterocycles. The molecule has 0 radical (unpaired) electrons. The summed E-state index contributed by atoms with van der Waals surface area (Å²) < 4.78 is 33.4. The van der Waals surface area contributed by atoms with Gasteiger partial charge >= 0.3 is 0 Å². The zero-order valence-electron chi connectivity index (χ0n) is 14.0. The lowest BCUT2D eigenvalue weighted by Crippen LogP contribution is -3.14. The first-order chi connectivity index (χ1) is 10.3. The molecule has 5 nitrogen and oxygen atoms in total. The summed E-state index contributed by atoms with van der Waals surface area (Å²) >= 11 is 0. The van der Waals surface area contributed by atoms with Crippen molar-refractivity contribution in [1.29, 1.82) is 0 Å². The van der Waals surface area contributed by atoms with E-state index >= 15 is 0 Å². The number of quaternary nitrogens is 1. The third kappa shape index (κ3) is 3.87. The van der Waals surface area contributed by atoms with Crippen LogP contribution in [0.2, 0.25) is 0 Å². The van der Waals surface area contributed by atoms with Crippen LogP contribution in [0.25, 0.3) is 0 Å². The Kier molecular flexibility index (Phi) is 5.60. The minimum absolute atomic E-state index is 0.446. The van der Waals surface area contributed by atoms with E-state index in [1.807, 2.05) is 33.8 Å². The Balaban J connectivity index is 2.10. The highest BCUT2D eigenvalue weighted by Crippen LogP contribution is 2.25. The number of hydrogen-bond donors (Lipinski definition) is 2. The largest absolute Gasteiger partial charge is 0.370 e. The molecule has 124 valence electrons. The minimum Gasteiger partial charge on any atom is -0.370 e. The van der Waals surface area contributed by atoms with E-state index in [1.165, 1.54) is 4.90 Å². The number of ether oxygens (including phenoxy) is 1. The lowest BCUT2D eigenvalue weighted by molar-refractivity contribution is -0.906. The second kappa shape index (κ2) is 7.08. The molecule has 0 aliphatic carbocycles. The van der Waals surface area contributed by atoms with Crippen molar-refractivity contribution in [2.45, 2.75) is 32.6 Å². The summed E-state index contributed by atoms with van der Waals surface area (Å²) in [6, 6.07) is 2.04. The zero-order valence-corrected chi connectivity index (χ0v) is 14.8. The molecule has 0 spiro atoms. The Morgan fingerprint density at radius 1 is 1.09 bits per heavy atom. The SMILES string of the molecule is Cc1cc(C)c(C)c(S(=O)(=O)NCC[NH+]2CCOCC2)c1C. The van der Waals surface area contributed by atoms with Crippen LogP contribution >= 0.6 is 0 Å². The van der Waals surface area contributed by atoms with Crippen molar-refractivity contribution in [3.63, 3.8) is 0 Å². The van der Waals surface area contributed by atoms with Gasteiger partial charge in [-0.25, -0.2) is 13.1 Å². The molecule has 1 aromatic carbocycles. The highest BCUT2D eigenvalue weighted by atomic mass is 32.2. The third-order valence-corrected chi connectivity index (χ3v) is 6.27. The van der Waals surface area contributed by atoms with Gasteiger partial charge in [0.1, 0.15) is 13.1 Å². The van der Waals surface area contributed by atoms with Crippen LogP contribution in [0.5, 0.6) is 0 Å². The van der Waals surface area contributed by atoms with Crippen molar-refractivity contribution >= 4 is 10.0 Å². The Hall–Kier alpha value is -0.950. The van der Waals surface area contributed by atoms with Gasteiger partial charge in [0, 0.05) is 0 Å². The van der Waals surface area contributed by atoms with Gasteiger partial charge in [0.25, 0.3) is 0 Å². The molecule has 2 N–H and O–H groups in total. The van der Waals surface area contributed by atoms with Crippen LogP contribution in [-0.4, -0.2) is 47.8 Å². The van der Waals surface area contributed by atoms with Crippen LogP contribution in [0.15, 0.2) is 11.0 Å². The molecule has 1 aliphatic heterocycles. The first kappa shape index (κ1) is 17.4. The lowest BCUT2D eigenvalue weighted by Gasteiger charge is -2.24. The summed E-state index contributed by atoms with van der Waals surface area (Å²) in [6.07, 6.45) is 0. The fourth-order valence-corrected chi connectivity index (χ4v) is 4.57. The highest BCUT2D eigenvalue weighted by molar-refractivity contribution is 7.89. The average molecular weight is 327 g/mol. The molecule has 0 unspecified atom stereocenters. The van der Waals surface area contributed by atoms with Crippen LogP contribution in [0.4, 0.5) is 0 Å². The maximum atomic E-state index is 12.7. The van der Waals surface area contributed by atoms with Crippen LogP contribution in [0.1, 0.15) is 22.3 Å². The second-order valence-electron chi connectivity index (χ2n) is 6.10. The average Bonchev–Trinajstić information content (AvgIpc) is 2.46. The van der Waals surface area contributed by atoms with E-state index in [0.29, 0.717) is 11.4 Å². The lowest BCUT2D eigenvalue weighted by atomic mass is 10.0. The minimum atomic E-state index is -3.46. The maximum absolute atomic E-state index is 12.7. The quantitative estimate of drug-likeness (QED) is 0.807. The van der Waals surface area contributed by atoms with Gasteiger partial charge in [-0.1, -0.05) is 6.07 Å². The van der Waals surface area contributed by atoms with Gasteiger partial charge in [0.15, 0.2) is 0 Å². The fourth-order valence-electron chi connectivity index (χ4n) is 2.93. The van der Waals surface area contributed by atoms with Gasteiger partial charge in [-0.05, 0) is 49.9 Å². The standard InChI is InChI=1S/C16H26N2O3S/c1-12-11-13(2)15(4)16(14(12)3)22(19,20)17-5-6-18-7-9-21-10-8-18/h11,17H,5-10H2,1-4H3/p+1. The second-order valence-corrected chi connectivity index (χ2v) is 7.80. The topological polar surface area (TPSA) is 59.8 Å². The summed E-state index contributed by atoms with van der Waals surface area (Å²) in [5.41, 5.74) is 3.72. The monoisotopic (exact) mass is 327 g/mol. The Bertz CT molecular complexity index is 609. The van der Waals surface area contributed by atoms with Gasteiger partial charge in [-0.2, -0.15) is 0 Å². The fraction of sp³-hybridized carbons (Fsp3) is 0.625. The van der Waals surface area contributed by atoms with Gasteiger partial charge in [0.2, 0.25) is 10.0 Å². The van der Waals surface area contributed by atoms with Crippen LogP contribution in [0.3, 0.4) is 0 Å². The number of sulfonamides is 1. The van der Waals surface area contributed by atoms with E-state index in [2.05, 4.69) is 4.72 Å². The molecule has 1 aliphatic rings. The van der Waals surface area contributed by atoms with Gasteiger partial charge < -0.3 is 9.64 Å². The first-order valence-corrected chi connectivity index (χ1v) is 9.29. The van der Waals surface area contributed by atoms with Gasteiger partial charge in [0.05, 0.1) is 31.2 Å². The summed E-state index contributed by atoms with van der Waals surface area (Å²) in [6.45, 7) is 12.3. The summed E-state index contributed by atoms with van der Waals surface area (Å²) in [4.78, 5) is 1.84. The van der Waals surface area contributed by atoms with E-state index in [-0.39, 0.29) is 0 Å². The molecular formula is C16H27N2O3S+. The molecular weight excluding hydrogens is 300 g/mol. The van der Waals surface area contributed by atoms with E-state index in [1.54, 1.807) is 0 Å². The van der Waals surface area contributed by atoms with Crippen molar-refractivity contribution in [2.24, 2.45) is 0 Å². The van der Waals surface area contributed by atoms with Crippen molar-refractivity contribution in [2.75, 3.05) is 39.4 Å². The number of rotatable bonds is 5. The van der Waals surface area contributed by atoms with Gasteiger partial charge in [-0.15, -0.1) is 0 Å². The molecule has 1 heterocycles. The molecule has 6 heteroatoms. The smallest absolute Gasteiger partial charge is 0.241 e. The van der Waals surface area contributed by atoms with Crippen LogP contribution in [0, 0.1) is 27.7 Å². The molecule has 0 amide bonds. The number of hydrogen-bond acceptors (Lipinski definition) is 3. The van der Waals surface area contributed by atoms with E-state index < -0.39 is 10.0 Å². The highest BCUT2D eigenvalue weighted by Gasteiger charge is 2.22. The molecule has 1 aromatic rings. The zero-order chi connectivity index (χ0) is 16.3. The number of benzene rings is 1. The first-order valence-electron chi connectivity index (χ1n) is 7.81. The normalized spacial score (nSPS) is 16.9. The molecule has 2 rings (SSSR count). The van der Waals surface area contributed by atoms with Gasteiger partial charge in [-0.3, -0.25) is 0 Å². The predicted octanol–water partition coefficient (Wildman–Crippen LogP) is 0.114. The third-order valence-electron chi connectivity index (χ3n) is 4.54. The molecule has 0 aromatic heterocycles. The molecule has 22 heavy (non-hydrogen) atoms. The maximum Gasteiger partial charge on any atom is 0.241 e. The van der Waals surface area contributed by atoms with Crippen LogP contribution in [-0.2, 0) is 14.8 Å². The summed E-state index contributed by atoms with van der Waals surface area (Å²) in [5, 5.41) is 0. The van der Waals surface area contributed by atoms with Crippen molar-refractivity contribution in [3.8, 4) is 0 Å². The van der Waals surface area contributed by atoms with Crippen molar-refractivity contribution < 1.29 is 18.1 Å². The Morgan fingerprint density at radius 2 is 1.64 bits per heavy atom.